The Morgan fingerprint density at radius 1 is 1.23 bits per heavy atom. The smallest absolute Gasteiger partial charge is 0.135 e. The Hall–Kier alpha value is -2.30. The fraction of sp³-hybridized carbons (Fsp3) is 0.364. The number of hydrogen-bond donors (Lipinski definition) is 1. The van der Waals surface area contributed by atoms with Crippen molar-refractivity contribution < 1.29 is 14.3 Å². The Balaban J connectivity index is 1.77. The van der Waals surface area contributed by atoms with Crippen LogP contribution >= 0.6 is 0 Å². The summed E-state index contributed by atoms with van der Waals surface area (Å²) in [5, 5.41) is 10.7. The Kier molecular flexibility index (Phi) is 4.70. The Morgan fingerprint density at radius 3 is 2.77 bits per heavy atom. The predicted octanol–water partition coefficient (Wildman–Crippen LogP) is 4.37. The van der Waals surface area contributed by atoms with Crippen molar-refractivity contribution in [2.24, 2.45) is 0 Å². The van der Waals surface area contributed by atoms with Gasteiger partial charge in [-0.1, -0.05) is 30.3 Å². The summed E-state index contributed by atoms with van der Waals surface area (Å²) in [6.07, 6.45) is 2.19. The lowest BCUT2D eigenvalue weighted by molar-refractivity contribution is 0.152. The molecule has 136 valence electrons. The first kappa shape index (κ1) is 17.1. The summed E-state index contributed by atoms with van der Waals surface area (Å²) in [6, 6.07) is 14.8. The van der Waals surface area contributed by atoms with Crippen molar-refractivity contribution in [3.8, 4) is 16.9 Å². The quantitative estimate of drug-likeness (QED) is 0.741. The van der Waals surface area contributed by atoms with Gasteiger partial charge in [-0.05, 0) is 44.0 Å². The summed E-state index contributed by atoms with van der Waals surface area (Å²) in [5.74, 6) is 1.79. The average Bonchev–Trinajstić information content (AvgIpc) is 3.24. The summed E-state index contributed by atoms with van der Waals surface area (Å²) in [5.41, 5.74) is 4.27. The third-order valence-corrected chi connectivity index (χ3v) is 5.41. The lowest BCUT2D eigenvalue weighted by Gasteiger charge is -2.23. The zero-order valence-electron chi connectivity index (χ0n) is 15.4. The van der Waals surface area contributed by atoms with Crippen LogP contribution < -0.4 is 4.74 Å². The van der Waals surface area contributed by atoms with E-state index in [2.05, 4.69) is 29.2 Å². The van der Waals surface area contributed by atoms with E-state index in [-0.39, 0.29) is 12.6 Å². The van der Waals surface area contributed by atoms with E-state index in [9.17, 15) is 5.11 Å². The van der Waals surface area contributed by atoms with Gasteiger partial charge in [0.15, 0.2) is 0 Å². The minimum absolute atomic E-state index is 0.211. The molecule has 1 N–H and O–H groups in total. The number of likely N-dealkylation sites (tertiary alicyclic amines) is 1. The van der Waals surface area contributed by atoms with Gasteiger partial charge < -0.3 is 14.3 Å². The number of benzene rings is 2. The molecule has 0 bridgehead atoms. The highest BCUT2D eigenvalue weighted by Crippen LogP contribution is 2.38. The van der Waals surface area contributed by atoms with Crippen LogP contribution in [0.4, 0.5) is 0 Å². The number of furan rings is 1. The first-order valence-corrected chi connectivity index (χ1v) is 9.21. The molecule has 1 aliphatic heterocycles. The highest BCUT2D eigenvalue weighted by Gasteiger charge is 2.25. The molecular weight excluding hydrogens is 326 g/mol. The van der Waals surface area contributed by atoms with Gasteiger partial charge in [-0.25, -0.2) is 0 Å². The van der Waals surface area contributed by atoms with Crippen LogP contribution in [0.15, 0.2) is 46.9 Å². The lowest BCUT2D eigenvalue weighted by Crippen LogP contribution is -2.31. The average molecular weight is 351 g/mol. The van der Waals surface area contributed by atoms with Gasteiger partial charge in [0, 0.05) is 29.1 Å². The second-order valence-electron chi connectivity index (χ2n) is 7.01. The number of methoxy groups -OCH3 is 1. The maximum Gasteiger partial charge on any atom is 0.135 e. The predicted molar refractivity (Wildman–Crippen MR) is 103 cm³/mol. The van der Waals surface area contributed by atoms with Crippen molar-refractivity contribution in [3.63, 3.8) is 0 Å². The van der Waals surface area contributed by atoms with Crippen molar-refractivity contribution in [1.29, 1.82) is 0 Å². The highest BCUT2D eigenvalue weighted by atomic mass is 16.5. The van der Waals surface area contributed by atoms with Crippen molar-refractivity contribution >= 4 is 11.0 Å². The molecule has 4 rings (SSSR count). The molecular formula is C22H25NO3. The van der Waals surface area contributed by atoms with Crippen molar-refractivity contribution in [3.05, 3.63) is 53.8 Å². The van der Waals surface area contributed by atoms with E-state index in [1.165, 1.54) is 0 Å². The number of aliphatic hydroxyl groups excluding tert-OH is 1. The summed E-state index contributed by atoms with van der Waals surface area (Å²) in [6.45, 7) is 4.00. The van der Waals surface area contributed by atoms with Crippen molar-refractivity contribution in [2.45, 2.75) is 32.4 Å². The number of ether oxygens (including phenoxy) is 1. The number of hydrogen-bond acceptors (Lipinski definition) is 4. The molecule has 2 heterocycles. The molecule has 1 saturated heterocycles. The molecule has 26 heavy (non-hydrogen) atoms. The van der Waals surface area contributed by atoms with Crippen LogP contribution in [0.1, 0.15) is 24.2 Å². The fourth-order valence-corrected chi connectivity index (χ4v) is 4.09. The monoisotopic (exact) mass is 351 g/mol. The van der Waals surface area contributed by atoms with E-state index in [0.29, 0.717) is 0 Å². The van der Waals surface area contributed by atoms with Gasteiger partial charge in [0.05, 0.1) is 13.7 Å². The summed E-state index contributed by atoms with van der Waals surface area (Å²) in [7, 11) is 1.72. The van der Waals surface area contributed by atoms with E-state index < -0.39 is 0 Å². The number of fused-ring (bicyclic) bond motifs is 1. The summed E-state index contributed by atoms with van der Waals surface area (Å²) in [4.78, 5) is 2.33. The molecule has 0 saturated carbocycles. The molecule has 4 nitrogen and oxygen atoms in total. The van der Waals surface area contributed by atoms with Gasteiger partial charge in [0.25, 0.3) is 0 Å². The van der Waals surface area contributed by atoms with Crippen molar-refractivity contribution in [2.75, 3.05) is 20.3 Å². The summed E-state index contributed by atoms with van der Waals surface area (Å²) >= 11 is 0. The summed E-state index contributed by atoms with van der Waals surface area (Å²) < 4.78 is 11.8. The van der Waals surface area contributed by atoms with Crippen LogP contribution in [0.2, 0.25) is 0 Å². The zero-order valence-corrected chi connectivity index (χ0v) is 15.4. The topological polar surface area (TPSA) is 45.8 Å². The van der Waals surface area contributed by atoms with Crippen LogP contribution in [-0.2, 0) is 6.54 Å². The normalized spacial score (nSPS) is 17.9. The molecule has 1 unspecified atom stereocenters. The second kappa shape index (κ2) is 7.14. The Morgan fingerprint density at radius 2 is 2.04 bits per heavy atom. The first-order chi connectivity index (χ1) is 12.7. The highest BCUT2D eigenvalue weighted by molar-refractivity contribution is 5.97. The van der Waals surface area contributed by atoms with Gasteiger partial charge in [0.2, 0.25) is 0 Å². The van der Waals surface area contributed by atoms with Crippen LogP contribution in [0, 0.1) is 6.92 Å². The SMILES string of the molecule is COc1cc2c(-c3ccccc3)c(C)oc2cc1CN1CCCC1CO. The molecule has 3 aromatic rings. The van der Waals surface area contributed by atoms with Crippen LogP contribution in [0.3, 0.4) is 0 Å². The van der Waals surface area contributed by atoms with Crippen LogP contribution in [0.25, 0.3) is 22.1 Å². The first-order valence-electron chi connectivity index (χ1n) is 9.21. The minimum atomic E-state index is 0.211. The number of aliphatic hydroxyl groups is 1. The molecule has 1 aromatic heterocycles. The van der Waals surface area contributed by atoms with E-state index in [1.807, 2.05) is 25.1 Å². The van der Waals surface area contributed by atoms with Gasteiger partial charge in [0.1, 0.15) is 17.1 Å². The zero-order chi connectivity index (χ0) is 18.1. The molecule has 4 heteroatoms. The minimum Gasteiger partial charge on any atom is -0.496 e. The number of aryl methyl sites for hydroxylation is 1. The number of rotatable bonds is 5. The Bertz CT molecular complexity index is 901. The van der Waals surface area contributed by atoms with Gasteiger partial charge >= 0.3 is 0 Å². The Labute approximate surface area is 154 Å². The molecule has 0 aliphatic carbocycles. The third-order valence-electron chi connectivity index (χ3n) is 5.41. The second-order valence-corrected chi connectivity index (χ2v) is 7.01. The fourth-order valence-electron chi connectivity index (χ4n) is 4.09. The number of nitrogens with zero attached hydrogens (tertiary/aromatic N) is 1. The maximum absolute atomic E-state index is 9.59. The lowest BCUT2D eigenvalue weighted by atomic mass is 10.0. The molecule has 0 spiro atoms. The van der Waals surface area contributed by atoms with Gasteiger partial charge in [-0.2, -0.15) is 0 Å². The van der Waals surface area contributed by atoms with E-state index in [4.69, 9.17) is 9.15 Å². The van der Waals surface area contributed by atoms with E-state index in [1.54, 1.807) is 7.11 Å². The standard InChI is InChI=1S/C22H25NO3/c1-15-22(16-7-4-3-5-8-16)19-12-20(25-2)17(11-21(19)26-15)13-23-10-6-9-18(23)14-24/h3-5,7-8,11-12,18,24H,6,9-10,13-14H2,1-2H3. The molecule has 1 atom stereocenters. The van der Waals surface area contributed by atoms with Gasteiger partial charge in [-0.3, -0.25) is 4.90 Å². The molecule has 0 radical (unpaired) electrons. The molecule has 0 amide bonds. The molecule has 1 fully saturated rings. The largest absolute Gasteiger partial charge is 0.496 e. The molecule has 1 aliphatic rings. The van der Waals surface area contributed by atoms with E-state index >= 15 is 0 Å². The maximum atomic E-state index is 9.59. The van der Waals surface area contributed by atoms with Crippen LogP contribution in [0.5, 0.6) is 5.75 Å². The third kappa shape index (κ3) is 3.00. The van der Waals surface area contributed by atoms with E-state index in [0.717, 1.165) is 65.1 Å². The van der Waals surface area contributed by atoms with Crippen LogP contribution in [-0.4, -0.2) is 36.3 Å². The molecule has 2 aromatic carbocycles. The van der Waals surface area contributed by atoms with Gasteiger partial charge in [-0.15, -0.1) is 0 Å². The van der Waals surface area contributed by atoms with Crippen molar-refractivity contribution in [1.82, 2.24) is 4.90 Å².